The van der Waals surface area contributed by atoms with Gasteiger partial charge in [-0.3, -0.25) is 9.78 Å². The summed E-state index contributed by atoms with van der Waals surface area (Å²) in [5.41, 5.74) is 1.31. The number of pyridine rings is 1. The van der Waals surface area contributed by atoms with Crippen molar-refractivity contribution in [2.24, 2.45) is 5.92 Å². The van der Waals surface area contributed by atoms with Gasteiger partial charge in [0.1, 0.15) is 17.2 Å². The zero-order valence-electron chi connectivity index (χ0n) is 19.6. The second-order valence-electron chi connectivity index (χ2n) is 9.61. The second kappa shape index (κ2) is 10.4. The Labute approximate surface area is 204 Å². The van der Waals surface area contributed by atoms with Crippen LogP contribution in [0.2, 0.25) is 0 Å². The number of likely N-dealkylation sites (N-methyl/N-ethyl adjacent to an activating group) is 1. The fourth-order valence-electron chi connectivity index (χ4n) is 5.03. The summed E-state index contributed by atoms with van der Waals surface area (Å²) in [7, 11) is 2.08. The Morgan fingerprint density at radius 2 is 2.03 bits per heavy atom. The molecule has 5 rings (SSSR count). The van der Waals surface area contributed by atoms with Crippen molar-refractivity contribution in [3.05, 3.63) is 47.2 Å². The third-order valence-electron chi connectivity index (χ3n) is 6.87. The zero-order chi connectivity index (χ0) is 23.5. The summed E-state index contributed by atoms with van der Waals surface area (Å²) >= 11 is 1.66. The molecule has 1 saturated heterocycles. The van der Waals surface area contributed by atoms with E-state index in [9.17, 15) is 9.90 Å². The predicted molar refractivity (Wildman–Crippen MR) is 134 cm³/mol. The molecule has 7 nitrogen and oxygen atoms in total. The van der Waals surface area contributed by atoms with Crippen molar-refractivity contribution in [1.29, 1.82) is 0 Å². The van der Waals surface area contributed by atoms with E-state index in [1.165, 1.54) is 6.42 Å². The molecule has 2 N–H and O–H groups in total. The van der Waals surface area contributed by atoms with Gasteiger partial charge in [0.2, 0.25) is 0 Å². The topological polar surface area (TPSA) is 87.6 Å². The summed E-state index contributed by atoms with van der Waals surface area (Å²) in [6.07, 6.45) is 8.58. The largest absolute Gasteiger partial charge is 0.457 e. The average Bonchev–Trinajstić information content (AvgIpc) is 3.22. The van der Waals surface area contributed by atoms with E-state index in [0.717, 1.165) is 66.8 Å². The number of piperidine rings is 1. The molecule has 1 unspecified atom stereocenters. The van der Waals surface area contributed by atoms with E-state index in [2.05, 4.69) is 22.2 Å². The zero-order valence-corrected chi connectivity index (χ0v) is 20.4. The molecule has 1 aromatic carbocycles. The first-order chi connectivity index (χ1) is 16.5. The van der Waals surface area contributed by atoms with Crippen LogP contribution in [0, 0.1) is 5.92 Å². The van der Waals surface area contributed by atoms with Gasteiger partial charge in [0, 0.05) is 37.3 Å². The highest BCUT2D eigenvalue weighted by Crippen LogP contribution is 2.33. The standard InChI is InChI=1S/C26H32N4O3S/c1-30-12-4-6-18(16-30)28-26(32)22-14-20(10-11-27-22)33-19-8-9-21-24(15-19)34-25(29-21)13-17-5-2-3-7-23(17)31/h8-11,14-15,17-18,23,31H,2-7,12-13,16H2,1H3,(H,28,32)/t17-,18?,23+/m0/s1. The van der Waals surface area contributed by atoms with E-state index in [-0.39, 0.29) is 18.1 Å². The number of hydrogen-bond acceptors (Lipinski definition) is 7. The summed E-state index contributed by atoms with van der Waals surface area (Å²) in [6, 6.07) is 9.46. The summed E-state index contributed by atoms with van der Waals surface area (Å²) in [6.45, 7) is 1.93. The van der Waals surface area contributed by atoms with Crippen LogP contribution in [0.15, 0.2) is 36.5 Å². The quantitative estimate of drug-likeness (QED) is 0.544. The molecule has 2 fully saturated rings. The van der Waals surface area contributed by atoms with Gasteiger partial charge in [0.25, 0.3) is 5.91 Å². The maximum absolute atomic E-state index is 12.7. The van der Waals surface area contributed by atoms with Crippen molar-refractivity contribution in [1.82, 2.24) is 20.2 Å². The average molecular weight is 481 g/mol. The molecule has 0 radical (unpaired) electrons. The fourth-order valence-corrected chi connectivity index (χ4v) is 6.12. The van der Waals surface area contributed by atoms with Crippen LogP contribution >= 0.6 is 11.3 Å². The number of likely N-dealkylation sites (tertiary alicyclic amines) is 1. The first-order valence-electron chi connectivity index (χ1n) is 12.2. The van der Waals surface area contributed by atoms with Crippen molar-refractivity contribution >= 4 is 27.5 Å². The van der Waals surface area contributed by atoms with Gasteiger partial charge in [0.15, 0.2) is 0 Å². The molecule has 0 spiro atoms. The van der Waals surface area contributed by atoms with Gasteiger partial charge in [-0.1, -0.05) is 12.8 Å². The van der Waals surface area contributed by atoms with Gasteiger partial charge in [-0.05, 0) is 63.4 Å². The Balaban J connectivity index is 1.25. The number of fused-ring (bicyclic) bond motifs is 1. The summed E-state index contributed by atoms with van der Waals surface area (Å²) in [5, 5.41) is 14.5. The van der Waals surface area contributed by atoms with Crippen LogP contribution in [0.3, 0.4) is 0 Å². The summed E-state index contributed by atoms with van der Waals surface area (Å²) in [4.78, 5) is 24.0. The van der Waals surface area contributed by atoms with Gasteiger partial charge in [-0.15, -0.1) is 11.3 Å². The number of thiazole rings is 1. The molecule has 180 valence electrons. The van der Waals surface area contributed by atoms with Crippen molar-refractivity contribution in [2.45, 2.75) is 57.1 Å². The molecule has 1 aliphatic heterocycles. The van der Waals surface area contributed by atoms with E-state index in [1.807, 2.05) is 18.2 Å². The third kappa shape index (κ3) is 5.56. The van der Waals surface area contributed by atoms with Crippen molar-refractivity contribution < 1.29 is 14.6 Å². The van der Waals surface area contributed by atoms with Gasteiger partial charge in [0.05, 0.1) is 21.3 Å². The SMILES string of the molecule is CN1CCCC(NC(=O)c2cc(Oc3ccc4nc(C[C@@H]5CCCC[C@H]5O)sc4c3)ccn2)C1. The molecule has 8 heteroatoms. The van der Waals surface area contributed by atoms with Crippen LogP contribution in [-0.4, -0.2) is 58.2 Å². The molecule has 3 aromatic rings. The molecular formula is C26H32N4O3S. The number of amides is 1. The van der Waals surface area contributed by atoms with Gasteiger partial charge in [-0.2, -0.15) is 0 Å². The van der Waals surface area contributed by atoms with E-state index < -0.39 is 0 Å². The van der Waals surface area contributed by atoms with Crippen LogP contribution in [0.25, 0.3) is 10.2 Å². The maximum atomic E-state index is 12.7. The molecule has 2 aromatic heterocycles. The Hall–Kier alpha value is -2.55. The first-order valence-corrected chi connectivity index (χ1v) is 13.1. The number of aliphatic hydroxyl groups excluding tert-OH is 1. The Kier molecular flexibility index (Phi) is 7.08. The van der Waals surface area contributed by atoms with E-state index in [0.29, 0.717) is 23.1 Å². The fraction of sp³-hybridized carbons (Fsp3) is 0.500. The Bertz CT molecular complexity index is 1150. The molecule has 3 atom stereocenters. The number of hydrogen-bond donors (Lipinski definition) is 2. The number of benzene rings is 1. The van der Waals surface area contributed by atoms with E-state index >= 15 is 0 Å². The highest BCUT2D eigenvalue weighted by atomic mass is 32.1. The monoisotopic (exact) mass is 480 g/mol. The molecule has 1 amide bonds. The number of aliphatic hydroxyl groups is 1. The highest BCUT2D eigenvalue weighted by molar-refractivity contribution is 7.18. The van der Waals surface area contributed by atoms with Crippen molar-refractivity contribution in [2.75, 3.05) is 20.1 Å². The molecule has 3 heterocycles. The number of aromatic nitrogens is 2. The van der Waals surface area contributed by atoms with Gasteiger partial charge >= 0.3 is 0 Å². The molecule has 1 saturated carbocycles. The Morgan fingerprint density at radius 1 is 1.18 bits per heavy atom. The van der Waals surface area contributed by atoms with Gasteiger partial charge in [-0.25, -0.2) is 4.98 Å². The number of ether oxygens (including phenoxy) is 1. The number of rotatable bonds is 6. The number of nitrogens with one attached hydrogen (secondary N) is 1. The van der Waals surface area contributed by atoms with Gasteiger partial charge < -0.3 is 20.1 Å². The minimum Gasteiger partial charge on any atom is -0.457 e. The van der Waals surface area contributed by atoms with E-state index in [1.54, 1.807) is 29.7 Å². The van der Waals surface area contributed by atoms with Crippen LogP contribution in [0.4, 0.5) is 0 Å². The number of carbonyl (C=O) groups is 1. The molecular weight excluding hydrogens is 448 g/mol. The lowest BCUT2D eigenvalue weighted by Gasteiger charge is -2.30. The van der Waals surface area contributed by atoms with Crippen molar-refractivity contribution in [3.8, 4) is 11.5 Å². The van der Waals surface area contributed by atoms with Crippen LogP contribution in [0.5, 0.6) is 11.5 Å². The molecule has 1 aliphatic carbocycles. The maximum Gasteiger partial charge on any atom is 0.270 e. The first kappa shape index (κ1) is 23.2. The summed E-state index contributed by atoms with van der Waals surface area (Å²) in [5.74, 6) is 1.42. The molecule has 0 bridgehead atoms. The molecule has 2 aliphatic rings. The van der Waals surface area contributed by atoms with Crippen molar-refractivity contribution in [3.63, 3.8) is 0 Å². The lowest BCUT2D eigenvalue weighted by molar-refractivity contribution is 0.0700. The van der Waals surface area contributed by atoms with Crippen LogP contribution < -0.4 is 10.1 Å². The minimum absolute atomic E-state index is 0.148. The predicted octanol–water partition coefficient (Wildman–Crippen LogP) is 4.40. The Morgan fingerprint density at radius 3 is 2.88 bits per heavy atom. The highest BCUT2D eigenvalue weighted by Gasteiger charge is 2.24. The lowest BCUT2D eigenvalue weighted by atomic mass is 9.84. The van der Waals surface area contributed by atoms with E-state index in [4.69, 9.17) is 9.72 Å². The number of nitrogens with zero attached hydrogens (tertiary/aromatic N) is 3. The summed E-state index contributed by atoms with van der Waals surface area (Å²) < 4.78 is 7.13. The molecule has 34 heavy (non-hydrogen) atoms. The second-order valence-corrected chi connectivity index (χ2v) is 10.7. The third-order valence-corrected chi connectivity index (χ3v) is 7.91. The van der Waals surface area contributed by atoms with Crippen LogP contribution in [-0.2, 0) is 6.42 Å². The minimum atomic E-state index is -0.211. The normalized spacial score (nSPS) is 23.6. The number of carbonyl (C=O) groups excluding carboxylic acids is 1. The smallest absolute Gasteiger partial charge is 0.270 e. The van der Waals surface area contributed by atoms with Crippen LogP contribution in [0.1, 0.15) is 54.0 Å². The lowest BCUT2D eigenvalue weighted by Crippen LogP contribution is -2.46.